The summed E-state index contributed by atoms with van der Waals surface area (Å²) in [4.78, 5) is 2.53. The van der Waals surface area contributed by atoms with Gasteiger partial charge in [-0.3, -0.25) is 4.90 Å². The number of nitrogens with zero attached hydrogens (tertiary/aromatic N) is 1. The summed E-state index contributed by atoms with van der Waals surface area (Å²) in [5.41, 5.74) is 2.82. The third-order valence-electron chi connectivity index (χ3n) is 3.79. The second-order valence-electron chi connectivity index (χ2n) is 4.88. The highest BCUT2D eigenvalue weighted by Crippen LogP contribution is 2.27. The Kier molecular flexibility index (Phi) is 3.88. The molecule has 0 bridgehead atoms. The van der Waals surface area contributed by atoms with E-state index in [4.69, 9.17) is 11.6 Å². The Bertz CT molecular complexity index is 350. The average molecular weight is 238 g/mol. The summed E-state index contributed by atoms with van der Waals surface area (Å²) in [6.45, 7) is 6.73. The zero-order valence-corrected chi connectivity index (χ0v) is 10.9. The third kappa shape index (κ3) is 2.41. The number of benzene rings is 1. The van der Waals surface area contributed by atoms with E-state index in [9.17, 15) is 0 Å². The van der Waals surface area contributed by atoms with Gasteiger partial charge < -0.3 is 0 Å². The van der Waals surface area contributed by atoms with Crippen molar-refractivity contribution in [2.75, 3.05) is 12.4 Å². The molecule has 0 saturated carbocycles. The second-order valence-corrected chi connectivity index (χ2v) is 5.19. The molecular weight excluding hydrogens is 218 g/mol. The number of hydrogen-bond acceptors (Lipinski definition) is 1. The minimum absolute atomic E-state index is 0.557. The third-order valence-corrected chi connectivity index (χ3v) is 4.11. The molecule has 2 heteroatoms. The highest BCUT2D eigenvalue weighted by atomic mass is 35.5. The molecule has 16 heavy (non-hydrogen) atoms. The highest BCUT2D eigenvalue weighted by Gasteiger charge is 2.30. The topological polar surface area (TPSA) is 3.24 Å². The van der Waals surface area contributed by atoms with Gasteiger partial charge in [-0.05, 0) is 36.9 Å². The molecule has 88 valence electrons. The van der Waals surface area contributed by atoms with Crippen LogP contribution in [-0.2, 0) is 6.54 Å². The van der Waals surface area contributed by atoms with Gasteiger partial charge in [-0.1, -0.05) is 31.2 Å². The van der Waals surface area contributed by atoms with Crippen molar-refractivity contribution in [1.82, 2.24) is 4.90 Å². The summed E-state index contributed by atoms with van der Waals surface area (Å²) in [5, 5.41) is 0. The lowest BCUT2D eigenvalue weighted by Crippen LogP contribution is -2.33. The molecule has 2 atom stereocenters. The Morgan fingerprint density at radius 2 is 2.12 bits per heavy atom. The quantitative estimate of drug-likeness (QED) is 0.728. The molecule has 1 heterocycles. The van der Waals surface area contributed by atoms with Crippen LogP contribution in [0.15, 0.2) is 24.3 Å². The van der Waals surface area contributed by atoms with Crippen LogP contribution >= 0.6 is 11.6 Å². The number of aryl methyl sites for hydroxylation is 1. The summed E-state index contributed by atoms with van der Waals surface area (Å²) in [6.07, 6.45) is 1.28. The van der Waals surface area contributed by atoms with E-state index in [1.165, 1.54) is 24.1 Å². The zero-order valence-electron chi connectivity index (χ0n) is 10.1. The molecule has 2 rings (SSSR count). The van der Waals surface area contributed by atoms with Crippen molar-refractivity contribution in [2.45, 2.75) is 32.9 Å². The Balaban J connectivity index is 2.08. The molecule has 1 aliphatic rings. The molecule has 0 amide bonds. The maximum Gasteiger partial charge on any atom is 0.0382 e. The second kappa shape index (κ2) is 5.20. The van der Waals surface area contributed by atoms with E-state index < -0.39 is 0 Å². The van der Waals surface area contributed by atoms with Crippen molar-refractivity contribution in [3.63, 3.8) is 0 Å². The van der Waals surface area contributed by atoms with Gasteiger partial charge in [0.05, 0.1) is 0 Å². The van der Waals surface area contributed by atoms with Crippen LogP contribution in [-0.4, -0.2) is 23.4 Å². The van der Waals surface area contributed by atoms with E-state index in [1.807, 2.05) is 0 Å². The van der Waals surface area contributed by atoms with Crippen LogP contribution in [0.1, 0.15) is 24.5 Å². The first-order valence-corrected chi connectivity index (χ1v) is 6.60. The number of rotatable bonds is 3. The van der Waals surface area contributed by atoms with Crippen LogP contribution in [0.5, 0.6) is 0 Å². The Hall–Kier alpha value is -0.530. The first-order chi connectivity index (χ1) is 7.72. The fourth-order valence-corrected chi connectivity index (χ4v) is 3.04. The lowest BCUT2D eigenvalue weighted by Gasteiger charge is -2.25. The van der Waals surface area contributed by atoms with Gasteiger partial charge in [-0.25, -0.2) is 0 Å². The first kappa shape index (κ1) is 11.9. The van der Waals surface area contributed by atoms with E-state index in [1.54, 1.807) is 0 Å². The molecule has 0 spiro atoms. The Morgan fingerprint density at radius 1 is 1.38 bits per heavy atom. The standard InChI is InChI=1S/C14H20ClN/c1-11-5-3-4-6-13(11)10-16-8-7-12(2)14(16)9-15/h3-6,12,14H,7-10H2,1-2H3. The van der Waals surface area contributed by atoms with Gasteiger partial charge in [0.2, 0.25) is 0 Å². The monoisotopic (exact) mass is 237 g/mol. The molecule has 0 N–H and O–H groups in total. The summed E-state index contributed by atoms with van der Waals surface area (Å²) in [5.74, 6) is 1.49. The minimum Gasteiger partial charge on any atom is -0.295 e. The molecule has 1 saturated heterocycles. The minimum atomic E-state index is 0.557. The molecule has 0 aliphatic carbocycles. The predicted molar refractivity (Wildman–Crippen MR) is 69.9 cm³/mol. The van der Waals surface area contributed by atoms with Crippen molar-refractivity contribution in [2.24, 2.45) is 5.92 Å². The van der Waals surface area contributed by atoms with Crippen LogP contribution in [0, 0.1) is 12.8 Å². The molecule has 1 fully saturated rings. The molecule has 0 radical (unpaired) electrons. The van der Waals surface area contributed by atoms with Crippen LogP contribution in [0.3, 0.4) is 0 Å². The van der Waals surface area contributed by atoms with Gasteiger partial charge in [-0.15, -0.1) is 11.6 Å². The van der Waals surface area contributed by atoms with Gasteiger partial charge in [-0.2, -0.15) is 0 Å². The van der Waals surface area contributed by atoms with Crippen LogP contribution in [0.2, 0.25) is 0 Å². The zero-order chi connectivity index (χ0) is 11.5. The fraction of sp³-hybridized carbons (Fsp3) is 0.571. The molecule has 1 aliphatic heterocycles. The first-order valence-electron chi connectivity index (χ1n) is 6.07. The summed E-state index contributed by atoms with van der Waals surface area (Å²) < 4.78 is 0. The normalized spacial score (nSPS) is 26.2. The van der Waals surface area contributed by atoms with Crippen LogP contribution < -0.4 is 0 Å². The maximum atomic E-state index is 6.06. The Labute approximate surface area is 103 Å². The van der Waals surface area contributed by atoms with Gasteiger partial charge in [0.25, 0.3) is 0 Å². The van der Waals surface area contributed by atoms with E-state index in [2.05, 4.69) is 43.0 Å². The molecule has 1 nitrogen and oxygen atoms in total. The highest BCUT2D eigenvalue weighted by molar-refractivity contribution is 6.18. The van der Waals surface area contributed by atoms with Crippen LogP contribution in [0.25, 0.3) is 0 Å². The van der Waals surface area contributed by atoms with Crippen LogP contribution in [0.4, 0.5) is 0 Å². The Morgan fingerprint density at radius 3 is 2.81 bits per heavy atom. The van der Waals surface area contributed by atoms with E-state index in [0.29, 0.717) is 6.04 Å². The molecule has 0 aromatic heterocycles. The van der Waals surface area contributed by atoms with Gasteiger partial charge in [0, 0.05) is 18.5 Å². The van der Waals surface area contributed by atoms with Gasteiger partial charge >= 0.3 is 0 Å². The number of likely N-dealkylation sites (tertiary alicyclic amines) is 1. The molecule has 1 aromatic carbocycles. The van der Waals surface area contributed by atoms with Gasteiger partial charge in [0.1, 0.15) is 0 Å². The predicted octanol–water partition coefficient (Wildman–Crippen LogP) is 3.44. The van der Waals surface area contributed by atoms with Crippen molar-refractivity contribution >= 4 is 11.6 Å². The summed E-state index contributed by atoms with van der Waals surface area (Å²) in [6, 6.07) is 9.19. The van der Waals surface area contributed by atoms with Crippen molar-refractivity contribution in [3.8, 4) is 0 Å². The van der Waals surface area contributed by atoms with E-state index >= 15 is 0 Å². The summed E-state index contributed by atoms with van der Waals surface area (Å²) in [7, 11) is 0. The van der Waals surface area contributed by atoms with Gasteiger partial charge in [0.15, 0.2) is 0 Å². The maximum absolute atomic E-state index is 6.06. The van der Waals surface area contributed by atoms with E-state index in [0.717, 1.165) is 18.3 Å². The SMILES string of the molecule is Cc1ccccc1CN1CCC(C)C1CCl. The fourth-order valence-electron chi connectivity index (χ4n) is 2.54. The molecular formula is C14H20ClN. The lowest BCUT2D eigenvalue weighted by atomic mass is 10.0. The van der Waals surface area contributed by atoms with Crippen molar-refractivity contribution in [1.29, 1.82) is 0 Å². The number of hydrogen-bond donors (Lipinski definition) is 0. The van der Waals surface area contributed by atoms with E-state index in [-0.39, 0.29) is 0 Å². The smallest absolute Gasteiger partial charge is 0.0382 e. The average Bonchev–Trinajstić information content (AvgIpc) is 2.63. The summed E-state index contributed by atoms with van der Waals surface area (Å²) >= 11 is 6.06. The lowest BCUT2D eigenvalue weighted by molar-refractivity contribution is 0.241. The van der Waals surface area contributed by atoms with Crippen molar-refractivity contribution < 1.29 is 0 Å². The largest absolute Gasteiger partial charge is 0.295 e. The number of halogens is 1. The van der Waals surface area contributed by atoms with Crippen molar-refractivity contribution in [3.05, 3.63) is 35.4 Å². The molecule has 1 aromatic rings. The number of alkyl halides is 1. The molecule has 2 unspecified atom stereocenters.